The molecule has 0 spiro atoms. The fourth-order valence-corrected chi connectivity index (χ4v) is 3.97. The zero-order valence-corrected chi connectivity index (χ0v) is 21.1. The summed E-state index contributed by atoms with van der Waals surface area (Å²) in [6.07, 6.45) is 5.44. The smallest absolute Gasteiger partial charge is 0.123 e. The van der Waals surface area contributed by atoms with E-state index >= 15 is 0 Å². The highest BCUT2D eigenvalue weighted by Gasteiger charge is 2.25. The summed E-state index contributed by atoms with van der Waals surface area (Å²) in [5, 5.41) is 11.3. The predicted octanol–water partition coefficient (Wildman–Crippen LogP) is 6.06. The van der Waals surface area contributed by atoms with E-state index in [1.54, 1.807) is 0 Å². The fourth-order valence-electron chi connectivity index (χ4n) is 3.97. The summed E-state index contributed by atoms with van der Waals surface area (Å²) in [4.78, 5) is 11.4. The minimum absolute atomic E-state index is 0.00912. The summed E-state index contributed by atoms with van der Waals surface area (Å²) in [6.45, 7) is 15.6. The molecule has 0 aliphatic rings. The van der Waals surface area contributed by atoms with Gasteiger partial charge in [0.15, 0.2) is 0 Å². The summed E-state index contributed by atoms with van der Waals surface area (Å²) >= 11 is 0. The van der Waals surface area contributed by atoms with Crippen LogP contribution in [0.4, 0.5) is 0 Å². The monoisotopic (exact) mass is 445 g/mol. The van der Waals surface area contributed by atoms with Gasteiger partial charge in [-0.2, -0.15) is 0 Å². The van der Waals surface area contributed by atoms with E-state index in [1.807, 2.05) is 36.7 Å². The molecule has 0 aliphatic carbocycles. The number of aromatic hydroxyl groups is 1. The largest absolute Gasteiger partial charge is 0.507 e. The van der Waals surface area contributed by atoms with Gasteiger partial charge in [-0.25, -0.2) is 0 Å². The van der Waals surface area contributed by atoms with Crippen molar-refractivity contribution in [1.29, 1.82) is 0 Å². The quantitative estimate of drug-likeness (QED) is 0.457. The molecule has 0 amide bonds. The van der Waals surface area contributed by atoms with E-state index in [9.17, 15) is 5.11 Å². The van der Waals surface area contributed by atoms with Gasteiger partial charge in [0, 0.05) is 61.8 Å². The molecule has 0 radical (unpaired) electrons. The first-order valence-electron chi connectivity index (χ1n) is 11.9. The lowest BCUT2D eigenvalue weighted by Crippen LogP contribution is -2.29. The first-order chi connectivity index (χ1) is 15.5. The highest BCUT2D eigenvalue weighted by Crippen LogP contribution is 2.38. The van der Waals surface area contributed by atoms with Crippen LogP contribution >= 0.6 is 0 Å². The van der Waals surface area contributed by atoms with Gasteiger partial charge in [-0.05, 0) is 46.2 Å². The lowest BCUT2D eigenvalue weighted by Gasteiger charge is -2.29. The predicted molar refractivity (Wildman–Crippen MR) is 137 cm³/mol. The van der Waals surface area contributed by atoms with E-state index in [-0.39, 0.29) is 10.8 Å². The van der Waals surface area contributed by atoms with Crippen molar-refractivity contribution in [2.45, 2.75) is 71.8 Å². The molecule has 3 aromatic rings. The summed E-state index contributed by atoms with van der Waals surface area (Å²) in [5.41, 5.74) is 5.32. The maximum Gasteiger partial charge on any atom is 0.123 e. The van der Waals surface area contributed by atoms with Crippen molar-refractivity contribution in [2.75, 3.05) is 13.1 Å². The van der Waals surface area contributed by atoms with Crippen molar-refractivity contribution in [3.05, 3.63) is 89.0 Å². The highest BCUT2D eigenvalue weighted by molar-refractivity contribution is 5.48. The fraction of sp³-hybridized carbons (Fsp3) is 0.448. The van der Waals surface area contributed by atoms with Crippen LogP contribution in [0.25, 0.3) is 0 Å². The minimum atomic E-state index is -0.132. The molecule has 0 saturated heterocycles. The van der Waals surface area contributed by atoms with Gasteiger partial charge < -0.3 is 5.11 Å². The van der Waals surface area contributed by atoms with Crippen LogP contribution in [0.3, 0.4) is 0 Å². The first kappa shape index (κ1) is 24.9. The van der Waals surface area contributed by atoms with Crippen LogP contribution in [0.1, 0.15) is 69.6 Å². The summed E-state index contributed by atoms with van der Waals surface area (Å²) in [7, 11) is 0. The van der Waals surface area contributed by atoms with Crippen molar-refractivity contribution in [3.63, 3.8) is 0 Å². The molecule has 33 heavy (non-hydrogen) atoms. The van der Waals surface area contributed by atoms with Gasteiger partial charge in [-0.15, -0.1) is 0 Å². The second-order valence-electron chi connectivity index (χ2n) is 10.9. The van der Waals surface area contributed by atoms with Crippen molar-refractivity contribution in [2.24, 2.45) is 0 Å². The van der Waals surface area contributed by atoms with Gasteiger partial charge in [-0.3, -0.25) is 14.9 Å². The second-order valence-corrected chi connectivity index (χ2v) is 10.9. The molecular weight excluding hydrogens is 406 g/mol. The molecule has 4 heteroatoms. The Hall–Kier alpha value is -2.72. The topological polar surface area (TPSA) is 49.2 Å². The van der Waals surface area contributed by atoms with Crippen LogP contribution in [-0.4, -0.2) is 33.1 Å². The summed E-state index contributed by atoms with van der Waals surface area (Å²) < 4.78 is 0. The lowest BCUT2D eigenvalue weighted by atomic mass is 9.79. The third-order valence-electron chi connectivity index (χ3n) is 6.08. The molecular formula is C29H39N3O. The number of phenolic OH excluding ortho intramolecular Hbond substituents is 1. The number of rotatable bonds is 8. The minimum Gasteiger partial charge on any atom is -0.507 e. The van der Waals surface area contributed by atoms with Gasteiger partial charge in [0.25, 0.3) is 0 Å². The molecule has 0 bridgehead atoms. The van der Waals surface area contributed by atoms with Crippen LogP contribution in [0, 0.1) is 0 Å². The Bertz CT molecular complexity index is 975. The van der Waals surface area contributed by atoms with Gasteiger partial charge in [0.1, 0.15) is 5.75 Å². The van der Waals surface area contributed by atoms with Crippen LogP contribution in [0.2, 0.25) is 0 Å². The zero-order valence-electron chi connectivity index (χ0n) is 21.1. The Morgan fingerprint density at radius 1 is 0.758 bits per heavy atom. The van der Waals surface area contributed by atoms with Crippen LogP contribution < -0.4 is 0 Å². The van der Waals surface area contributed by atoms with Crippen LogP contribution in [0.15, 0.2) is 60.9 Å². The standard InChI is InChI=1S/C29H39N3O/c1-28(2,3)23-19-22(27(33)26(20-23)29(4,5)6)21-32(17-13-24-11-7-9-15-30-24)18-14-25-12-8-10-16-31-25/h7-12,15-16,19-20,33H,13-14,17-18,21H2,1-6H3. The highest BCUT2D eigenvalue weighted by atomic mass is 16.3. The average molecular weight is 446 g/mol. The molecule has 0 aliphatic heterocycles. The molecule has 0 fully saturated rings. The van der Waals surface area contributed by atoms with Crippen LogP contribution in [-0.2, 0) is 30.2 Å². The number of nitrogens with zero attached hydrogens (tertiary/aromatic N) is 3. The third-order valence-corrected chi connectivity index (χ3v) is 6.08. The average Bonchev–Trinajstić information content (AvgIpc) is 2.76. The molecule has 2 heterocycles. The number of hydrogen-bond acceptors (Lipinski definition) is 4. The molecule has 0 atom stereocenters. The number of hydrogen-bond donors (Lipinski definition) is 1. The van der Waals surface area contributed by atoms with Gasteiger partial charge in [0.2, 0.25) is 0 Å². The molecule has 0 saturated carbocycles. The normalized spacial score (nSPS) is 12.3. The molecule has 1 N–H and O–H groups in total. The third kappa shape index (κ3) is 7.13. The number of phenols is 1. The number of aromatic nitrogens is 2. The second kappa shape index (κ2) is 10.5. The Morgan fingerprint density at radius 3 is 1.73 bits per heavy atom. The Kier molecular flexibility index (Phi) is 7.91. The van der Waals surface area contributed by atoms with Crippen molar-refractivity contribution < 1.29 is 5.11 Å². The summed E-state index contributed by atoms with van der Waals surface area (Å²) in [6, 6.07) is 16.5. The first-order valence-corrected chi connectivity index (χ1v) is 11.9. The molecule has 0 unspecified atom stereocenters. The molecule has 2 aromatic heterocycles. The molecule has 3 rings (SSSR count). The number of benzene rings is 1. The van der Waals surface area contributed by atoms with E-state index in [0.717, 1.165) is 48.4 Å². The van der Waals surface area contributed by atoms with Crippen molar-refractivity contribution >= 4 is 0 Å². The van der Waals surface area contributed by atoms with Crippen LogP contribution in [0.5, 0.6) is 5.75 Å². The Labute approximate surface area is 199 Å². The maximum atomic E-state index is 11.3. The van der Waals surface area contributed by atoms with Crippen molar-refractivity contribution in [1.82, 2.24) is 14.9 Å². The number of pyridine rings is 2. The molecule has 1 aromatic carbocycles. The zero-order chi connectivity index (χ0) is 24.1. The van der Waals surface area contributed by atoms with E-state index < -0.39 is 0 Å². The van der Waals surface area contributed by atoms with Gasteiger partial charge in [0.05, 0.1) is 0 Å². The SMILES string of the molecule is CC(C)(C)c1cc(CN(CCc2ccccn2)CCc2ccccn2)c(O)c(C(C)(C)C)c1. The van der Waals surface area contributed by atoms with E-state index in [0.29, 0.717) is 12.3 Å². The van der Waals surface area contributed by atoms with E-state index in [1.165, 1.54) is 5.56 Å². The molecule has 4 nitrogen and oxygen atoms in total. The summed E-state index contributed by atoms with van der Waals surface area (Å²) in [5.74, 6) is 0.427. The van der Waals surface area contributed by atoms with Crippen molar-refractivity contribution in [3.8, 4) is 5.75 Å². The Balaban J connectivity index is 1.89. The van der Waals surface area contributed by atoms with E-state index in [4.69, 9.17) is 0 Å². The Morgan fingerprint density at radius 2 is 1.30 bits per heavy atom. The van der Waals surface area contributed by atoms with Gasteiger partial charge in [-0.1, -0.05) is 65.8 Å². The molecule has 176 valence electrons. The maximum absolute atomic E-state index is 11.3. The lowest BCUT2D eigenvalue weighted by molar-refractivity contribution is 0.265. The van der Waals surface area contributed by atoms with E-state index in [2.05, 4.69) is 80.7 Å². The van der Waals surface area contributed by atoms with Gasteiger partial charge >= 0.3 is 0 Å².